The summed E-state index contributed by atoms with van der Waals surface area (Å²) < 4.78 is 40.3. The number of carbonyl (C=O) groups is 3. The van der Waals surface area contributed by atoms with Crippen LogP contribution in [-0.4, -0.2) is 43.2 Å². The van der Waals surface area contributed by atoms with Gasteiger partial charge in [-0.15, -0.1) is 0 Å². The van der Waals surface area contributed by atoms with Gasteiger partial charge in [0.25, 0.3) is 5.91 Å². The Morgan fingerprint density at radius 1 is 1.20 bits per heavy atom. The lowest BCUT2D eigenvalue weighted by Crippen LogP contribution is -2.41. The van der Waals surface area contributed by atoms with Crippen LogP contribution in [0.5, 0.6) is 0 Å². The Morgan fingerprint density at radius 3 is 2.44 bits per heavy atom. The standard InChI is InChI=1S/C16H17F3N2O4/c1-11(15(24)25-9-14(23)20-10-16(17,18)19)21-13(22)8-7-12-5-3-2-4-6-12/h2-8,11H,9-10H2,1H3,(H,20,23)(H,21,22)/b8-7+/t11-/m0/s1. The van der Waals surface area contributed by atoms with E-state index in [1.807, 2.05) is 6.07 Å². The van der Waals surface area contributed by atoms with Crippen molar-refractivity contribution < 1.29 is 32.3 Å². The molecule has 0 spiro atoms. The lowest BCUT2D eigenvalue weighted by molar-refractivity contribution is -0.153. The maximum Gasteiger partial charge on any atom is 0.405 e. The van der Waals surface area contributed by atoms with Crippen LogP contribution in [0.3, 0.4) is 0 Å². The number of alkyl halides is 3. The summed E-state index contributed by atoms with van der Waals surface area (Å²) in [5, 5.41) is 3.87. The molecule has 0 unspecified atom stereocenters. The van der Waals surface area contributed by atoms with Gasteiger partial charge in [-0.2, -0.15) is 13.2 Å². The van der Waals surface area contributed by atoms with Crippen LogP contribution in [0.1, 0.15) is 12.5 Å². The quantitative estimate of drug-likeness (QED) is 0.570. The molecule has 25 heavy (non-hydrogen) atoms. The first kappa shape index (κ1) is 20.2. The van der Waals surface area contributed by atoms with Crippen LogP contribution >= 0.6 is 0 Å². The third-order valence-corrected chi connectivity index (χ3v) is 2.77. The molecule has 136 valence electrons. The molecule has 0 fully saturated rings. The average molecular weight is 358 g/mol. The van der Waals surface area contributed by atoms with Crippen LogP contribution < -0.4 is 10.6 Å². The molecule has 6 nitrogen and oxygen atoms in total. The molecule has 0 radical (unpaired) electrons. The minimum atomic E-state index is -4.55. The Balaban J connectivity index is 2.35. The summed E-state index contributed by atoms with van der Waals surface area (Å²) in [7, 11) is 0. The molecule has 0 saturated heterocycles. The number of hydrogen-bond donors (Lipinski definition) is 2. The van der Waals surface area contributed by atoms with Crippen molar-refractivity contribution in [1.82, 2.24) is 10.6 Å². The maximum atomic E-state index is 11.9. The molecule has 1 aromatic rings. The second-order valence-corrected chi connectivity index (χ2v) is 4.97. The Kier molecular flexibility index (Phi) is 7.64. The van der Waals surface area contributed by atoms with Gasteiger partial charge in [0.2, 0.25) is 5.91 Å². The Labute approximate surface area is 142 Å². The fourth-order valence-corrected chi connectivity index (χ4v) is 1.57. The van der Waals surface area contributed by atoms with E-state index in [0.717, 1.165) is 5.56 Å². The first-order valence-corrected chi connectivity index (χ1v) is 7.21. The molecule has 0 heterocycles. The SMILES string of the molecule is C[C@H](NC(=O)/C=C/c1ccccc1)C(=O)OCC(=O)NCC(F)(F)F. The fourth-order valence-electron chi connectivity index (χ4n) is 1.57. The molecule has 0 aliphatic rings. The molecule has 0 aromatic heterocycles. The Hall–Kier alpha value is -2.84. The van der Waals surface area contributed by atoms with Crippen molar-refractivity contribution in [3.8, 4) is 0 Å². The van der Waals surface area contributed by atoms with Crippen LogP contribution in [0.15, 0.2) is 36.4 Å². The maximum absolute atomic E-state index is 11.9. The van der Waals surface area contributed by atoms with E-state index in [-0.39, 0.29) is 0 Å². The number of esters is 1. The number of benzene rings is 1. The van der Waals surface area contributed by atoms with E-state index in [2.05, 4.69) is 10.1 Å². The number of amides is 2. The number of halogens is 3. The van der Waals surface area contributed by atoms with Gasteiger partial charge in [0.1, 0.15) is 12.6 Å². The van der Waals surface area contributed by atoms with Crippen molar-refractivity contribution in [1.29, 1.82) is 0 Å². The molecule has 2 amide bonds. The smallest absolute Gasteiger partial charge is 0.405 e. The van der Waals surface area contributed by atoms with E-state index in [9.17, 15) is 27.6 Å². The van der Waals surface area contributed by atoms with Crippen molar-refractivity contribution in [2.45, 2.75) is 19.1 Å². The average Bonchev–Trinajstić information content (AvgIpc) is 2.56. The zero-order valence-electron chi connectivity index (χ0n) is 13.3. The molecule has 1 rings (SSSR count). The van der Waals surface area contributed by atoms with E-state index < -0.39 is 43.2 Å². The second-order valence-electron chi connectivity index (χ2n) is 4.97. The van der Waals surface area contributed by atoms with Crippen LogP contribution in [-0.2, 0) is 19.1 Å². The van der Waals surface area contributed by atoms with Crippen LogP contribution in [0.4, 0.5) is 13.2 Å². The van der Waals surface area contributed by atoms with Crippen LogP contribution in [0.2, 0.25) is 0 Å². The molecule has 0 saturated carbocycles. The number of rotatable bonds is 7. The number of ether oxygens (including phenoxy) is 1. The normalized spacial score (nSPS) is 12.5. The molecule has 0 bridgehead atoms. The van der Waals surface area contributed by atoms with Gasteiger partial charge in [-0.05, 0) is 18.6 Å². The van der Waals surface area contributed by atoms with Gasteiger partial charge >= 0.3 is 12.1 Å². The van der Waals surface area contributed by atoms with Gasteiger partial charge in [0.15, 0.2) is 6.61 Å². The summed E-state index contributed by atoms with van der Waals surface area (Å²) >= 11 is 0. The lowest BCUT2D eigenvalue weighted by atomic mass is 10.2. The van der Waals surface area contributed by atoms with E-state index in [0.29, 0.717) is 0 Å². The van der Waals surface area contributed by atoms with E-state index in [1.54, 1.807) is 29.6 Å². The Bertz CT molecular complexity index is 630. The summed E-state index contributed by atoms with van der Waals surface area (Å²) in [4.78, 5) is 34.4. The molecule has 0 aliphatic heterocycles. The largest absolute Gasteiger partial charge is 0.454 e. The first-order chi connectivity index (χ1) is 11.7. The van der Waals surface area contributed by atoms with Crippen LogP contribution in [0.25, 0.3) is 6.08 Å². The summed E-state index contributed by atoms with van der Waals surface area (Å²) in [6.45, 7) is -1.06. The topological polar surface area (TPSA) is 84.5 Å². The van der Waals surface area contributed by atoms with Gasteiger partial charge in [0.05, 0.1) is 0 Å². The third-order valence-electron chi connectivity index (χ3n) is 2.77. The van der Waals surface area contributed by atoms with E-state index in [4.69, 9.17) is 0 Å². The van der Waals surface area contributed by atoms with Crippen molar-refractivity contribution in [2.24, 2.45) is 0 Å². The minimum absolute atomic E-state index is 0.560. The predicted molar refractivity (Wildman–Crippen MR) is 83.1 cm³/mol. The monoisotopic (exact) mass is 358 g/mol. The third kappa shape index (κ3) is 9.14. The summed E-state index contributed by atoms with van der Waals surface area (Å²) in [5.74, 6) is -2.59. The van der Waals surface area contributed by atoms with Crippen molar-refractivity contribution in [3.05, 3.63) is 42.0 Å². The van der Waals surface area contributed by atoms with Crippen molar-refractivity contribution in [2.75, 3.05) is 13.2 Å². The highest BCUT2D eigenvalue weighted by Gasteiger charge is 2.28. The summed E-state index contributed by atoms with van der Waals surface area (Å²) in [6.07, 6.45) is -1.79. The zero-order valence-corrected chi connectivity index (χ0v) is 13.3. The van der Waals surface area contributed by atoms with Gasteiger partial charge in [-0.25, -0.2) is 4.79 Å². The highest BCUT2D eigenvalue weighted by Crippen LogP contribution is 2.11. The molecule has 1 aromatic carbocycles. The van der Waals surface area contributed by atoms with Gasteiger partial charge < -0.3 is 15.4 Å². The number of nitrogens with one attached hydrogen (secondary N) is 2. The Morgan fingerprint density at radius 2 is 1.84 bits per heavy atom. The molecule has 1 atom stereocenters. The molecule has 0 aliphatic carbocycles. The summed E-state index contributed by atoms with van der Waals surface area (Å²) in [5.41, 5.74) is 0.786. The number of hydrogen-bond acceptors (Lipinski definition) is 4. The summed E-state index contributed by atoms with van der Waals surface area (Å²) in [6, 6.07) is 7.90. The van der Waals surface area contributed by atoms with Gasteiger partial charge in [-0.3, -0.25) is 9.59 Å². The molecular formula is C16H17F3N2O4. The highest BCUT2D eigenvalue weighted by atomic mass is 19.4. The molecule has 2 N–H and O–H groups in total. The fraction of sp³-hybridized carbons (Fsp3) is 0.312. The van der Waals surface area contributed by atoms with E-state index >= 15 is 0 Å². The predicted octanol–water partition coefficient (Wildman–Crippen LogP) is 1.43. The van der Waals surface area contributed by atoms with Gasteiger partial charge in [-0.1, -0.05) is 30.3 Å². The lowest BCUT2D eigenvalue weighted by Gasteiger charge is -2.12. The van der Waals surface area contributed by atoms with E-state index in [1.165, 1.54) is 19.1 Å². The molecule has 9 heteroatoms. The zero-order chi connectivity index (χ0) is 18.9. The second kappa shape index (κ2) is 9.45. The van der Waals surface area contributed by atoms with Crippen LogP contribution in [0, 0.1) is 0 Å². The van der Waals surface area contributed by atoms with Crippen molar-refractivity contribution in [3.63, 3.8) is 0 Å². The highest BCUT2D eigenvalue weighted by molar-refractivity contribution is 5.94. The van der Waals surface area contributed by atoms with Crippen molar-refractivity contribution >= 4 is 23.9 Å². The minimum Gasteiger partial charge on any atom is -0.454 e. The molecular weight excluding hydrogens is 341 g/mol. The van der Waals surface area contributed by atoms with Gasteiger partial charge in [0, 0.05) is 6.08 Å². The number of carbonyl (C=O) groups excluding carboxylic acids is 3. The first-order valence-electron chi connectivity index (χ1n) is 7.21.